The molecule has 0 radical (unpaired) electrons. The van der Waals surface area contributed by atoms with Crippen molar-refractivity contribution in [2.45, 2.75) is 275 Å². The van der Waals surface area contributed by atoms with Crippen molar-refractivity contribution in [2.75, 3.05) is 19.8 Å². The molecule has 118 heavy (non-hydrogen) atoms. The molecule has 3 aromatic rings. The van der Waals surface area contributed by atoms with Gasteiger partial charge in [0.1, 0.15) is 42.2 Å². The molecule has 11 aliphatic carbocycles. The molecule has 2 heterocycles. The van der Waals surface area contributed by atoms with Gasteiger partial charge in [-0.1, -0.05) is 138 Å². The third kappa shape index (κ3) is 25.1. The van der Waals surface area contributed by atoms with E-state index >= 15 is 0 Å². The second-order valence-corrected chi connectivity index (χ2v) is 36.1. The van der Waals surface area contributed by atoms with E-state index < -0.39 is 58.5 Å². The Morgan fingerprint density at radius 1 is 0.525 bits per heavy atom. The van der Waals surface area contributed by atoms with Crippen molar-refractivity contribution < 1.29 is 112 Å². The van der Waals surface area contributed by atoms with Crippen LogP contribution in [0.25, 0.3) is 0 Å². The maximum Gasteiger partial charge on any atom is 0.508 e. The van der Waals surface area contributed by atoms with Crippen LogP contribution >= 0.6 is 0 Å². The predicted octanol–water partition coefficient (Wildman–Crippen LogP) is 20.2. The summed E-state index contributed by atoms with van der Waals surface area (Å²) < 4.78 is 127. The summed E-state index contributed by atoms with van der Waals surface area (Å²) in [6.07, 6.45) is 17.7. The molecule has 13 fully saturated rings. The van der Waals surface area contributed by atoms with Crippen molar-refractivity contribution in [3.8, 4) is 0 Å². The minimum absolute atomic E-state index is 0. The van der Waals surface area contributed by atoms with Gasteiger partial charge in [-0.05, 0) is 248 Å². The Kier molecular flexibility index (Phi) is 37.8. The van der Waals surface area contributed by atoms with Gasteiger partial charge in [0.2, 0.25) is 0 Å². The van der Waals surface area contributed by atoms with Gasteiger partial charge in [0.25, 0.3) is 0 Å². The number of alkyl halides is 4. The smallest absolute Gasteiger partial charge is 0.508 e. The van der Waals surface area contributed by atoms with Gasteiger partial charge in [-0.2, -0.15) is 17.6 Å². The molecule has 2 aliphatic heterocycles. The van der Waals surface area contributed by atoms with Gasteiger partial charge >= 0.3 is 59.1 Å². The summed E-state index contributed by atoms with van der Waals surface area (Å²) in [6.45, 7) is 36.0. The minimum Gasteiger partial charge on any atom is -0.743 e. The molecular formula is C92H128F4O20S2. The molecular weight excluding hydrogens is 1570 g/mol. The van der Waals surface area contributed by atoms with Gasteiger partial charge in [0.15, 0.2) is 30.9 Å². The fourth-order valence-electron chi connectivity index (χ4n) is 18.3. The van der Waals surface area contributed by atoms with Crippen molar-refractivity contribution in [1.29, 1.82) is 0 Å². The third-order valence-electron chi connectivity index (χ3n) is 24.0. The second-order valence-electron chi connectivity index (χ2n) is 32.7. The van der Waals surface area contributed by atoms with Crippen LogP contribution in [0.5, 0.6) is 0 Å². The lowest BCUT2D eigenvalue weighted by molar-refractivity contribution is -0.207. The van der Waals surface area contributed by atoms with Gasteiger partial charge in [-0.15, -0.1) is 0 Å². The first-order chi connectivity index (χ1) is 53.6. The largest absolute Gasteiger partial charge is 0.743 e. The monoisotopic (exact) mass is 1690 g/mol. The van der Waals surface area contributed by atoms with E-state index in [1.165, 1.54) is 98.7 Å². The molecule has 10 bridgehead atoms. The number of carbonyl (C=O) groups is 8. The lowest BCUT2D eigenvalue weighted by atomic mass is 9.49. The Morgan fingerprint density at radius 3 is 1.31 bits per heavy atom. The minimum atomic E-state index is -6.52. The zero-order chi connectivity index (χ0) is 84.0. The molecule has 3 aromatic carbocycles. The summed E-state index contributed by atoms with van der Waals surface area (Å²) in [7, 11) is -6.53. The van der Waals surface area contributed by atoms with Crippen molar-refractivity contribution in [2.24, 2.45) is 65.1 Å². The van der Waals surface area contributed by atoms with E-state index in [9.17, 15) is 68.9 Å². The first kappa shape index (κ1) is 102. The predicted molar refractivity (Wildman–Crippen MR) is 444 cm³/mol. The maximum atomic E-state index is 12.8. The molecule has 13 aliphatic rings. The first-order valence-electron chi connectivity index (χ1n) is 39.4. The van der Waals surface area contributed by atoms with Crippen LogP contribution in [-0.4, -0.2) is 127 Å². The molecule has 20 nitrogen and oxygen atoms in total. The number of hydrogen-bond donors (Lipinski definition) is 0. The quantitative estimate of drug-likeness (QED) is 0.0226. The van der Waals surface area contributed by atoms with Crippen LogP contribution in [0.3, 0.4) is 0 Å². The number of ether oxygens (including phenoxy) is 9. The molecule has 656 valence electrons. The molecule has 0 spiro atoms. The third-order valence-corrected chi connectivity index (χ3v) is 27.2. The Balaban J connectivity index is 0.000000289. The molecule has 6 unspecified atom stereocenters. The van der Waals surface area contributed by atoms with E-state index in [1.807, 2.05) is 0 Å². The van der Waals surface area contributed by atoms with Crippen LogP contribution in [0.4, 0.5) is 22.4 Å². The topological polar surface area (TPSA) is 277 Å². The molecule has 2 saturated heterocycles. The lowest BCUT2D eigenvalue weighted by Gasteiger charge is -2.60. The van der Waals surface area contributed by atoms with Crippen LogP contribution in [0.2, 0.25) is 0 Å². The van der Waals surface area contributed by atoms with E-state index in [1.54, 1.807) is 34.6 Å². The van der Waals surface area contributed by atoms with Gasteiger partial charge in [-0.3, -0.25) is 4.79 Å². The van der Waals surface area contributed by atoms with E-state index in [0.717, 1.165) is 62.2 Å². The molecule has 26 heteroatoms. The fraction of sp³-hybridized carbons (Fsp3) is 0.587. The van der Waals surface area contributed by atoms with Crippen LogP contribution in [0, 0.1) is 65.1 Å². The summed E-state index contributed by atoms with van der Waals surface area (Å²) >= 11 is 0. The molecule has 16 rings (SSSR count). The van der Waals surface area contributed by atoms with Crippen LogP contribution in [-0.2, 0) is 97.2 Å². The Bertz CT molecular complexity index is 3970. The average molecular weight is 1690 g/mol. The highest BCUT2D eigenvalue weighted by molar-refractivity contribution is 7.97. The zero-order valence-electron chi connectivity index (χ0n) is 67.0. The Morgan fingerprint density at radius 2 is 0.924 bits per heavy atom. The zero-order valence-corrected chi connectivity index (χ0v) is 68.7. The fourth-order valence-corrected chi connectivity index (χ4v) is 20.9. The highest BCUT2D eigenvalue weighted by Crippen LogP contribution is 2.62. The average Bonchev–Trinajstić information content (AvgIpc) is 1.01. The maximum absolute atomic E-state index is 12.8. The summed E-state index contributed by atoms with van der Waals surface area (Å²) in [5.41, 5.74) is 1.58. The summed E-state index contributed by atoms with van der Waals surface area (Å²) in [4.78, 5) is 94.2. The van der Waals surface area contributed by atoms with E-state index in [0.29, 0.717) is 57.5 Å². The van der Waals surface area contributed by atoms with Crippen LogP contribution < -0.4 is 0 Å². The Labute approximate surface area is 700 Å². The number of fused-ring (bicyclic) bond motifs is 1. The van der Waals surface area contributed by atoms with Crippen LogP contribution in [0.15, 0.2) is 179 Å². The van der Waals surface area contributed by atoms with Crippen molar-refractivity contribution in [3.63, 3.8) is 0 Å². The Hall–Kier alpha value is -8.36. The standard InChI is InChI=1S/C18H15S.C16H24O2.C15H22O2.C12H14O4.C11H18O2.C8H10F4O5S.C8H10O5.4CH4/c1-4-10-16(11-5-1)19(17-12-6-2-7-13-17)18-14-8-3-9-15-18;1-4-16(18-15(17)10(2)3)13-6-11-5-12(8-13)9-14(16)7-11;1-9(2)14(16)17-15(3)12-5-10-4-11(7-12)8-13(15)6-10;1-5(2)11(13)15-9-6-3-7-8(4-6)12(14)16-10(7)9;1-4-11(7-5-6-8-11)13-10(12)9(2)3;1-5(2)6(13)17-4-3-7(9,10)8(11,12)18(14,15)16;1-5(2)7(9)11-3-6-4-12-8(10)13-6;;;;/h1-15H;11-14H,2,4-9H2,1,3H3;10-13H,1,4-8H2,2-3H3;6-10H,1,3-4H2,2H3;2,4-8H2,1,3H3;1,3-4H2,2H3,(H,14,15,16);6H,1,3-4H2,2H3;4*1H4/q+1;;;;;;;;;;/p-1. The summed E-state index contributed by atoms with van der Waals surface area (Å²) in [6, 6.07) is 32.2. The summed E-state index contributed by atoms with van der Waals surface area (Å²) in [5, 5.41) is -5.77. The number of rotatable bonds is 22. The number of halogens is 4. The molecule has 11 saturated carbocycles. The van der Waals surface area contributed by atoms with Crippen molar-refractivity contribution in [3.05, 3.63) is 164 Å². The van der Waals surface area contributed by atoms with Gasteiger partial charge in [-0.25, -0.2) is 42.0 Å². The number of cyclic esters (lactones) is 2. The molecule has 6 atom stereocenters. The van der Waals surface area contributed by atoms with Crippen molar-refractivity contribution in [1.82, 2.24) is 0 Å². The van der Waals surface area contributed by atoms with E-state index in [-0.39, 0.29) is 130 Å². The molecule has 0 N–H and O–H groups in total. The summed E-state index contributed by atoms with van der Waals surface area (Å²) in [5.74, 6) is -1.10. The van der Waals surface area contributed by atoms with Gasteiger partial charge in [0, 0.05) is 45.3 Å². The number of carbonyl (C=O) groups excluding carboxylic acids is 8. The number of hydrogen-bond acceptors (Lipinski definition) is 20. The molecule has 0 amide bonds. The van der Waals surface area contributed by atoms with E-state index in [2.05, 4.69) is 165 Å². The van der Waals surface area contributed by atoms with Crippen molar-refractivity contribution >= 4 is 69.0 Å². The second kappa shape index (κ2) is 43.7. The highest BCUT2D eigenvalue weighted by Gasteiger charge is 2.64. The number of esters is 7. The molecule has 0 aromatic heterocycles. The van der Waals surface area contributed by atoms with Crippen LogP contribution in [0.1, 0.15) is 214 Å². The first-order valence-corrected chi connectivity index (χ1v) is 42.0. The normalized spacial score (nSPS) is 27.7. The highest BCUT2D eigenvalue weighted by atomic mass is 32.2. The lowest BCUT2D eigenvalue weighted by Crippen LogP contribution is -2.59. The number of benzene rings is 3. The van der Waals surface area contributed by atoms with Gasteiger partial charge < -0.3 is 47.2 Å². The van der Waals surface area contributed by atoms with E-state index in [4.69, 9.17) is 28.4 Å². The van der Waals surface area contributed by atoms with Gasteiger partial charge in [0.05, 0.1) is 29.8 Å². The SMILES string of the molecule is C.C.C.C.C=C(C)C(=O)OC1(C)C2CC3CC(C2)CC1C3.C=C(C)C(=O)OC1(CC)C2CC3CC(C2)CC1C3.C=C(C)C(=O)OC1(CC)CCCC1.C=C(C)C(=O)OC1C2CC3C(=O)OC1C3C2.C=C(C)C(=O)OCC1COC(=O)O1.C=C(C)C(=O)OCCC(F)(F)C(F)(F)S(=O)(=O)[O-].c1ccc([S+](c2ccccc2)c2ccccc2)cc1.